The van der Waals surface area contributed by atoms with Crippen LogP contribution in [-0.2, 0) is 9.84 Å². The molecule has 8 heteroatoms. The lowest BCUT2D eigenvalue weighted by atomic mass is 10.1. The van der Waals surface area contributed by atoms with Crippen LogP contribution in [0.1, 0.15) is 15.9 Å². The molecule has 0 bridgehead atoms. The summed E-state index contributed by atoms with van der Waals surface area (Å²) in [6.45, 7) is 1.89. The van der Waals surface area contributed by atoms with Gasteiger partial charge >= 0.3 is 0 Å². The number of aryl methyl sites for hydroxylation is 1. The molecule has 0 spiro atoms. The van der Waals surface area contributed by atoms with E-state index in [1.54, 1.807) is 36.5 Å². The lowest BCUT2D eigenvalue weighted by Crippen LogP contribution is -2.29. The fourth-order valence-corrected chi connectivity index (χ4v) is 4.59. The maximum Gasteiger partial charge on any atom is 0.255 e. The summed E-state index contributed by atoms with van der Waals surface area (Å²) in [6.07, 6.45) is 1.56. The van der Waals surface area contributed by atoms with Crippen LogP contribution >= 0.6 is 0 Å². The highest BCUT2D eigenvalue weighted by Gasteiger charge is 2.20. The maximum absolute atomic E-state index is 13.3. The minimum absolute atomic E-state index is 0.0505. The molecule has 0 unspecified atom stereocenters. The molecule has 0 aliphatic heterocycles. The van der Waals surface area contributed by atoms with E-state index in [0.717, 1.165) is 11.1 Å². The zero-order valence-electron chi connectivity index (χ0n) is 17.9. The predicted octanol–water partition coefficient (Wildman–Crippen LogP) is 4.19. The molecule has 168 valence electrons. The van der Waals surface area contributed by atoms with Crippen LogP contribution in [0, 0.1) is 12.7 Å². The molecule has 1 N–H and O–H groups in total. The van der Waals surface area contributed by atoms with Gasteiger partial charge in [0.2, 0.25) is 0 Å². The summed E-state index contributed by atoms with van der Waals surface area (Å²) in [5.41, 5.74) is 3.09. The minimum atomic E-state index is -3.52. The molecule has 33 heavy (non-hydrogen) atoms. The molecule has 4 rings (SSSR count). The van der Waals surface area contributed by atoms with E-state index in [0.29, 0.717) is 16.9 Å². The van der Waals surface area contributed by atoms with Gasteiger partial charge in [-0.05, 0) is 49.4 Å². The highest BCUT2D eigenvalue weighted by atomic mass is 32.2. The van der Waals surface area contributed by atoms with Crippen molar-refractivity contribution < 1.29 is 17.6 Å². The van der Waals surface area contributed by atoms with Gasteiger partial charge in [0.25, 0.3) is 5.91 Å². The first-order chi connectivity index (χ1) is 15.8. The Hall–Kier alpha value is -3.78. The smallest absolute Gasteiger partial charge is 0.255 e. The Morgan fingerprint density at radius 1 is 1.00 bits per heavy atom. The Balaban J connectivity index is 1.60. The molecule has 0 aliphatic carbocycles. The van der Waals surface area contributed by atoms with E-state index in [9.17, 15) is 17.6 Å². The van der Waals surface area contributed by atoms with Crippen LogP contribution in [0.4, 0.5) is 4.39 Å². The van der Waals surface area contributed by atoms with Gasteiger partial charge in [0.15, 0.2) is 9.84 Å². The van der Waals surface area contributed by atoms with Crippen molar-refractivity contribution in [2.75, 3.05) is 12.3 Å². The average Bonchev–Trinajstić information content (AvgIpc) is 3.26. The van der Waals surface area contributed by atoms with Crippen LogP contribution in [0.15, 0.2) is 90.0 Å². The number of hydrogen-bond acceptors (Lipinski definition) is 4. The van der Waals surface area contributed by atoms with Crippen molar-refractivity contribution in [1.82, 2.24) is 15.1 Å². The number of aromatic nitrogens is 2. The fourth-order valence-electron chi connectivity index (χ4n) is 3.41. The highest BCUT2D eigenvalue weighted by molar-refractivity contribution is 7.91. The monoisotopic (exact) mass is 463 g/mol. The number of nitrogens with one attached hydrogen (secondary N) is 1. The van der Waals surface area contributed by atoms with E-state index >= 15 is 0 Å². The van der Waals surface area contributed by atoms with Crippen LogP contribution in [0.3, 0.4) is 0 Å². The maximum atomic E-state index is 13.3. The summed E-state index contributed by atoms with van der Waals surface area (Å²) < 4.78 is 39.8. The fraction of sp³-hybridized carbons (Fsp3) is 0.120. The molecule has 1 aromatic heterocycles. The third-order valence-corrected chi connectivity index (χ3v) is 6.83. The van der Waals surface area contributed by atoms with Crippen molar-refractivity contribution in [1.29, 1.82) is 0 Å². The van der Waals surface area contributed by atoms with Gasteiger partial charge in [0.05, 0.1) is 21.9 Å². The number of halogens is 1. The Kier molecular flexibility index (Phi) is 6.37. The van der Waals surface area contributed by atoms with Crippen molar-refractivity contribution in [3.05, 3.63) is 102 Å². The second-order valence-electron chi connectivity index (χ2n) is 7.57. The second-order valence-corrected chi connectivity index (χ2v) is 9.68. The third kappa shape index (κ3) is 5.18. The summed E-state index contributed by atoms with van der Waals surface area (Å²) in [5, 5.41) is 7.25. The van der Waals surface area contributed by atoms with Crippen molar-refractivity contribution in [3.63, 3.8) is 0 Å². The van der Waals surface area contributed by atoms with Crippen LogP contribution in [0.5, 0.6) is 0 Å². The topological polar surface area (TPSA) is 81.1 Å². The van der Waals surface area contributed by atoms with Gasteiger partial charge in [-0.3, -0.25) is 4.79 Å². The largest absolute Gasteiger partial charge is 0.351 e. The van der Waals surface area contributed by atoms with Gasteiger partial charge in [-0.25, -0.2) is 17.5 Å². The van der Waals surface area contributed by atoms with E-state index < -0.39 is 15.7 Å². The molecule has 4 aromatic rings. The van der Waals surface area contributed by atoms with Gasteiger partial charge in [-0.2, -0.15) is 5.10 Å². The summed E-state index contributed by atoms with van der Waals surface area (Å²) in [6, 6.07) is 21.4. The van der Waals surface area contributed by atoms with Gasteiger partial charge < -0.3 is 5.32 Å². The first kappa shape index (κ1) is 22.4. The molecule has 0 atom stereocenters. The lowest BCUT2D eigenvalue weighted by Gasteiger charge is -2.07. The average molecular weight is 464 g/mol. The van der Waals surface area contributed by atoms with E-state index in [1.807, 2.05) is 31.2 Å². The molecule has 0 aliphatic rings. The molecule has 6 nitrogen and oxygen atoms in total. The highest BCUT2D eigenvalue weighted by Crippen LogP contribution is 2.25. The first-order valence-electron chi connectivity index (χ1n) is 10.3. The number of carbonyl (C=O) groups excluding carboxylic acids is 1. The third-order valence-electron chi connectivity index (χ3n) is 5.10. The number of rotatable bonds is 7. The van der Waals surface area contributed by atoms with Crippen molar-refractivity contribution in [2.24, 2.45) is 0 Å². The van der Waals surface area contributed by atoms with E-state index in [2.05, 4.69) is 10.4 Å². The van der Waals surface area contributed by atoms with E-state index in [-0.39, 0.29) is 23.0 Å². The molecule has 3 aromatic carbocycles. The quantitative estimate of drug-likeness (QED) is 0.446. The number of sulfone groups is 1. The van der Waals surface area contributed by atoms with Crippen LogP contribution in [0.25, 0.3) is 16.9 Å². The number of carbonyl (C=O) groups is 1. The van der Waals surface area contributed by atoms with E-state index in [1.165, 1.54) is 28.9 Å². The van der Waals surface area contributed by atoms with Crippen LogP contribution in [0.2, 0.25) is 0 Å². The molecule has 0 saturated carbocycles. The Morgan fingerprint density at radius 2 is 1.73 bits per heavy atom. The van der Waals surface area contributed by atoms with Crippen molar-refractivity contribution in [3.8, 4) is 16.9 Å². The number of nitrogens with zero attached hydrogens (tertiary/aromatic N) is 2. The minimum Gasteiger partial charge on any atom is -0.351 e. The van der Waals surface area contributed by atoms with Gasteiger partial charge in [0, 0.05) is 18.3 Å². The van der Waals surface area contributed by atoms with Gasteiger partial charge in [0.1, 0.15) is 11.5 Å². The summed E-state index contributed by atoms with van der Waals surface area (Å²) in [7, 11) is -3.52. The zero-order valence-corrected chi connectivity index (χ0v) is 18.7. The Morgan fingerprint density at radius 3 is 2.42 bits per heavy atom. The molecule has 1 heterocycles. The predicted molar refractivity (Wildman–Crippen MR) is 125 cm³/mol. The normalized spacial score (nSPS) is 11.3. The Bertz CT molecular complexity index is 1380. The second kappa shape index (κ2) is 9.38. The molecular formula is C25H22FN3O3S. The summed E-state index contributed by atoms with van der Waals surface area (Å²) in [4.78, 5) is 13.2. The van der Waals surface area contributed by atoms with Crippen molar-refractivity contribution >= 4 is 15.7 Å². The summed E-state index contributed by atoms with van der Waals surface area (Å²) in [5.74, 6) is -1.04. The number of amides is 1. The number of hydrogen-bond donors (Lipinski definition) is 1. The standard InChI is InChI=1S/C25H22FN3O3S/c1-18-6-5-7-19(16-18)24-23(17-29(28-24)21-12-10-20(26)11-13-21)25(30)27-14-15-33(31,32)22-8-3-2-4-9-22/h2-13,16-17H,14-15H2,1H3,(H,27,30). The molecule has 1 amide bonds. The number of benzene rings is 3. The molecular weight excluding hydrogens is 441 g/mol. The molecule has 0 radical (unpaired) electrons. The van der Waals surface area contributed by atoms with Gasteiger partial charge in [-0.1, -0.05) is 42.0 Å². The SMILES string of the molecule is Cc1cccc(-c2nn(-c3ccc(F)cc3)cc2C(=O)NCCS(=O)(=O)c2ccccc2)c1. The van der Waals surface area contributed by atoms with Crippen LogP contribution < -0.4 is 5.32 Å². The van der Waals surface area contributed by atoms with Gasteiger partial charge in [-0.15, -0.1) is 0 Å². The molecule has 0 fully saturated rings. The van der Waals surface area contributed by atoms with Crippen LogP contribution in [-0.4, -0.2) is 36.4 Å². The van der Waals surface area contributed by atoms with Crippen molar-refractivity contribution in [2.45, 2.75) is 11.8 Å². The Labute approximate surface area is 191 Å². The zero-order chi connectivity index (χ0) is 23.4. The lowest BCUT2D eigenvalue weighted by molar-refractivity contribution is 0.0956. The van der Waals surface area contributed by atoms with E-state index in [4.69, 9.17) is 0 Å². The first-order valence-corrected chi connectivity index (χ1v) is 12.0. The summed E-state index contributed by atoms with van der Waals surface area (Å²) >= 11 is 0. The molecule has 0 saturated heterocycles.